The first-order valence-electron chi connectivity index (χ1n) is 16.1. The Morgan fingerprint density at radius 2 is 1.80 bits per heavy atom. The fourth-order valence-corrected chi connectivity index (χ4v) is 6.03. The van der Waals surface area contributed by atoms with Crippen LogP contribution in [-0.4, -0.2) is 71.3 Å². The molecule has 2 atom stereocenters. The number of amides is 2. The number of allylic oxidation sites excluding steroid dienone is 1. The largest absolute Gasteiger partial charge is 0.394 e. The maximum atomic E-state index is 12.8. The van der Waals surface area contributed by atoms with Gasteiger partial charge in [0.05, 0.1) is 6.10 Å². The molecule has 2 aliphatic carbocycles. The summed E-state index contributed by atoms with van der Waals surface area (Å²) in [5, 5.41) is 9.65. The summed E-state index contributed by atoms with van der Waals surface area (Å²) in [5.74, 6) is 1.28. The topological polar surface area (TPSA) is 99.2 Å². The van der Waals surface area contributed by atoms with E-state index < -0.39 is 0 Å². The number of hydrogen-bond acceptors (Lipinski definition) is 5. The molecule has 0 aromatic heterocycles. The van der Waals surface area contributed by atoms with E-state index in [4.69, 9.17) is 5.73 Å². The number of hydrogen-bond donors (Lipinski definition) is 2. The van der Waals surface area contributed by atoms with Crippen LogP contribution in [0.1, 0.15) is 109 Å². The van der Waals surface area contributed by atoms with E-state index in [1.807, 2.05) is 4.90 Å². The Labute approximate surface area is 248 Å². The Morgan fingerprint density at radius 3 is 2.49 bits per heavy atom. The van der Waals surface area contributed by atoms with Gasteiger partial charge in [-0.3, -0.25) is 14.6 Å². The molecule has 3 aliphatic rings. The summed E-state index contributed by atoms with van der Waals surface area (Å²) in [5.41, 5.74) is 11.3. The predicted molar refractivity (Wildman–Crippen MR) is 168 cm³/mol. The minimum atomic E-state index is -0.330. The van der Waals surface area contributed by atoms with Gasteiger partial charge in [-0.05, 0) is 87.2 Å². The van der Waals surface area contributed by atoms with Crippen LogP contribution >= 0.6 is 0 Å². The standard InChI is InChI=1S/C23H40N4O3.C11H14/c1-4-12-26(13-9-17(3)5-2)21(29)16-25-20-8-6-7-19(20)22(24)23(30)27-14-10-18(28)11-15-27;1-9-5-4-7-10-6-2-3-8-11(9)10/h17-18,28H,4-16,24H2,1-3H3;2-3,6,8-9H,4-5,7H2,1H3/b22-19-,25-20?;. The first-order valence-corrected chi connectivity index (χ1v) is 16.1. The van der Waals surface area contributed by atoms with Crippen LogP contribution in [0.15, 0.2) is 40.5 Å². The van der Waals surface area contributed by atoms with Crippen molar-refractivity contribution in [3.05, 3.63) is 46.7 Å². The third kappa shape index (κ3) is 9.69. The third-order valence-corrected chi connectivity index (χ3v) is 9.01. The highest BCUT2D eigenvalue weighted by atomic mass is 16.3. The van der Waals surface area contributed by atoms with Crippen molar-refractivity contribution in [1.29, 1.82) is 0 Å². The molecule has 1 aromatic carbocycles. The van der Waals surface area contributed by atoms with Gasteiger partial charge in [0, 0.05) is 37.5 Å². The molecule has 2 amide bonds. The maximum Gasteiger partial charge on any atom is 0.270 e. The number of nitrogens with two attached hydrogens (primary N) is 1. The van der Waals surface area contributed by atoms with Gasteiger partial charge >= 0.3 is 0 Å². The van der Waals surface area contributed by atoms with Crippen LogP contribution in [0.4, 0.5) is 0 Å². The second-order valence-electron chi connectivity index (χ2n) is 12.2. The van der Waals surface area contributed by atoms with Crippen molar-refractivity contribution in [3.8, 4) is 0 Å². The van der Waals surface area contributed by atoms with Gasteiger partial charge in [0.15, 0.2) is 0 Å². The second-order valence-corrected chi connectivity index (χ2v) is 12.2. The van der Waals surface area contributed by atoms with E-state index >= 15 is 0 Å². The Morgan fingerprint density at radius 1 is 1.07 bits per heavy atom. The van der Waals surface area contributed by atoms with Crippen LogP contribution in [0.25, 0.3) is 0 Å². The van der Waals surface area contributed by atoms with E-state index in [2.05, 4.69) is 57.0 Å². The number of nitrogens with zero attached hydrogens (tertiary/aromatic N) is 3. The normalized spacial score (nSPS) is 22.0. The number of aliphatic imine (C=N–C) groups is 1. The molecule has 0 spiro atoms. The van der Waals surface area contributed by atoms with Crippen molar-refractivity contribution in [3.63, 3.8) is 0 Å². The zero-order valence-corrected chi connectivity index (χ0v) is 26.0. The zero-order chi connectivity index (χ0) is 29.8. The maximum absolute atomic E-state index is 12.8. The van der Waals surface area contributed by atoms with Crippen LogP contribution in [0, 0.1) is 5.92 Å². The number of aliphatic hydroxyl groups excluding tert-OH is 1. The van der Waals surface area contributed by atoms with Crippen molar-refractivity contribution in [2.24, 2.45) is 16.6 Å². The molecule has 1 heterocycles. The summed E-state index contributed by atoms with van der Waals surface area (Å²) >= 11 is 0. The fraction of sp³-hybridized carbons (Fsp3) is 0.676. The minimum Gasteiger partial charge on any atom is -0.394 e. The highest BCUT2D eigenvalue weighted by Gasteiger charge is 2.27. The summed E-state index contributed by atoms with van der Waals surface area (Å²) in [4.78, 5) is 33.8. The fourth-order valence-electron chi connectivity index (χ4n) is 6.03. The number of aliphatic hydroxyl groups is 1. The van der Waals surface area contributed by atoms with Gasteiger partial charge in [0.1, 0.15) is 12.2 Å². The lowest BCUT2D eigenvalue weighted by molar-refractivity contribution is -0.130. The predicted octanol–water partition coefficient (Wildman–Crippen LogP) is 5.61. The lowest BCUT2D eigenvalue weighted by Crippen LogP contribution is -2.42. The average molecular weight is 567 g/mol. The summed E-state index contributed by atoms with van der Waals surface area (Å²) in [6, 6.07) is 8.85. The second kappa shape index (κ2) is 16.7. The number of carbonyl (C=O) groups is 2. The number of carbonyl (C=O) groups excluding carboxylic acids is 2. The van der Waals surface area contributed by atoms with Crippen molar-refractivity contribution in [1.82, 2.24) is 9.80 Å². The molecule has 3 N–H and O–H groups in total. The van der Waals surface area contributed by atoms with Crippen molar-refractivity contribution >= 4 is 17.5 Å². The van der Waals surface area contributed by atoms with Crippen LogP contribution in [0.2, 0.25) is 0 Å². The summed E-state index contributed by atoms with van der Waals surface area (Å²) in [7, 11) is 0. The first-order chi connectivity index (χ1) is 19.7. The highest BCUT2D eigenvalue weighted by Crippen LogP contribution is 2.30. The van der Waals surface area contributed by atoms with E-state index in [1.165, 1.54) is 19.3 Å². The Balaban J connectivity index is 0.000000346. The van der Waals surface area contributed by atoms with Crippen LogP contribution in [0.3, 0.4) is 0 Å². The van der Waals surface area contributed by atoms with Gasteiger partial charge in [-0.2, -0.15) is 0 Å². The van der Waals surface area contributed by atoms with Gasteiger partial charge in [-0.15, -0.1) is 0 Å². The lowest BCUT2D eigenvalue weighted by Gasteiger charge is -2.30. The van der Waals surface area contributed by atoms with E-state index in [9.17, 15) is 14.7 Å². The molecule has 2 fully saturated rings. The molecule has 0 radical (unpaired) electrons. The molecule has 0 bridgehead atoms. The monoisotopic (exact) mass is 566 g/mol. The molecular weight excluding hydrogens is 512 g/mol. The Kier molecular flexibility index (Phi) is 13.4. The van der Waals surface area contributed by atoms with Gasteiger partial charge < -0.3 is 20.6 Å². The minimum absolute atomic E-state index is 0.0498. The molecule has 7 heteroatoms. The number of likely N-dealkylation sites (tertiary alicyclic amines) is 1. The van der Waals surface area contributed by atoms with E-state index in [0.717, 1.165) is 68.8 Å². The molecule has 7 nitrogen and oxygen atoms in total. The summed E-state index contributed by atoms with van der Waals surface area (Å²) in [6.45, 7) is 11.5. The molecule has 228 valence electrons. The zero-order valence-electron chi connectivity index (χ0n) is 26.0. The van der Waals surface area contributed by atoms with E-state index in [1.54, 1.807) is 16.0 Å². The van der Waals surface area contributed by atoms with Gasteiger partial charge in [-0.25, -0.2) is 0 Å². The molecule has 2 unspecified atom stereocenters. The highest BCUT2D eigenvalue weighted by molar-refractivity contribution is 6.09. The molecule has 4 rings (SSSR count). The smallest absolute Gasteiger partial charge is 0.270 e. The van der Waals surface area contributed by atoms with Crippen molar-refractivity contribution < 1.29 is 14.7 Å². The first kappa shape index (κ1) is 32.8. The van der Waals surface area contributed by atoms with Gasteiger partial charge in [-0.1, -0.05) is 58.4 Å². The molecule has 1 saturated carbocycles. The number of benzene rings is 1. The van der Waals surface area contributed by atoms with Crippen molar-refractivity contribution in [2.75, 3.05) is 32.7 Å². The molecule has 1 saturated heterocycles. The number of aryl methyl sites for hydroxylation is 1. The Bertz CT molecular complexity index is 1060. The molecule has 1 aromatic rings. The van der Waals surface area contributed by atoms with E-state index in [0.29, 0.717) is 31.8 Å². The van der Waals surface area contributed by atoms with Gasteiger partial charge in [0.25, 0.3) is 5.91 Å². The number of piperidine rings is 1. The SMILES string of the molecule is CC1CCCc2ccccc21.CCCN(CCC(C)CC)C(=O)CN=C1CCC/C1=C(/N)C(=O)N1CCC(O)CC1. The average Bonchev–Trinajstić information content (AvgIpc) is 3.47. The lowest BCUT2D eigenvalue weighted by atomic mass is 9.84. The quantitative estimate of drug-likeness (QED) is 0.380. The van der Waals surface area contributed by atoms with Crippen LogP contribution in [0.5, 0.6) is 0 Å². The van der Waals surface area contributed by atoms with Crippen LogP contribution < -0.4 is 5.73 Å². The van der Waals surface area contributed by atoms with Crippen molar-refractivity contribution in [2.45, 2.75) is 110 Å². The summed E-state index contributed by atoms with van der Waals surface area (Å²) in [6.07, 6.45) is 10.3. The van der Waals surface area contributed by atoms with E-state index in [-0.39, 0.29) is 30.2 Å². The van der Waals surface area contributed by atoms with Crippen LogP contribution in [-0.2, 0) is 16.0 Å². The summed E-state index contributed by atoms with van der Waals surface area (Å²) < 4.78 is 0. The number of rotatable bonds is 9. The number of fused-ring (bicyclic) bond motifs is 1. The molecular formula is C34H54N4O3. The molecule has 1 aliphatic heterocycles. The molecule has 41 heavy (non-hydrogen) atoms. The third-order valence-electron chi connectivity index (χ3n) is 9.01. The Hall–Kier alpha value is -2.67. The van der Waals surface area contributed by atoms with Gasteiger partial charge in [0.2, 0.25) is 5.91 Å².